The van der Waals surface area contributed by atoms with E-state index >= 15 is 0 Å². The first kappa shape index (κ1) is 43.4. The van der Waals surface area contributed by atoms with Crippen molar-refractivity contribution in [2.45, 2.75) is 76.1 Å². The quantitative estimate of drug-likeness (QED) is 0.0509. The number of piperidine rings is 2. The van der Waals surface area contributed by atoms with E-state index in [1.165, 1.54) is 22.8 Å². The Hall–Kier alpha value is -7.21. The summed E-state index contributed by atoms with van der Waals surface area (Å²) in [6, 6.07) is 15.8. The number of pyridine rings is 1. The number of allylic oxidation sites excluding steroid dienone is 1. The molecular weight excluding hydrogens is 819 g/mol. The van der Waals surface area contributed by atoms with Gasteiger partial charge in [-0.25, -0.2) is 19.3 Å². The van der Waals surface area contributed by atoms with Crippen LogP contribution in [0.3, 0.4) is 0 Å². The molecule has 1 aliphatic carbocycles. The monoisotopic (exact) mass is 869 g/mol. The maximum atomic E-state index is 13.4. The van der Waals surface area contributed by atoms with Crippen LogP contribution in [-0.2, 0) is 27.3 Å². The minimum absolute atomic E-state index is 0.0470. The van der Waals surface area contributed by atoms with Crippen molar-refractivity contribution in [2.75, 3.05) is 49.3 Å². The van der Waals surface area contributed by atoms with Crippen molar-refractivity contribution in [1.29, 1.82) is 0 Å². The summed E-state index contributed by atoms with van der Waals surface area (Å²) in [5.41, 5.74) is 4.46. The average molecular weight is 870 g/mol. The number of amides is 4. The minimum Gasteiger partial charge on any atom is -0.387 e. The van der Waals surface area contributed by atoms with Crippen molar-refractivity contribution in [3.05, 3.63) is 106 Å². The number of aryl methyl sites for hydroxylation is 1. The third kappa shape index (κ3) is 8.86. The lowest BCUT2D eigenvalue weighted by Crippen LogP contribution is -2.53. The van der Waals surface area contributed by atoms with E-state index in [4.69, 9.17) is 9.97 Å². The van der Waals surface area contributed by atoms with E-state index in [1.54, 1.807) is 29.0 Å². The molecule has 332 valence electrons. The number of benzene rings is 2. The molecule has 2 aliphatic heterocycles. The van der Waals surface area contributed by atoms with Crippen LogP contribution < -0.4 is 26.4 Å². The van der Waals surface area contributed by atoms with Crippen molar-refractivity contribution in [3.63, 3.8) is 0 Å². The second kappa shape index (κ2) is 18.6. The Labute approximate surface area is 369 Å². The van der Waals surface area contributed by atoms with Gasteiger partial charge in [-0.2, -0.15) is 4.98 Å². The summed E-state index contributed by atoms with van der Waals surface area (Å²) in [7, 11) is 3.33. The Morgan fingerprint density at radius 1 is 0.953 bits per heavy atom. The third-order valence-corrected chi connectivity index (χ3v) is 12.4. The molecular formula is C46H51N11O7. The molecule has 18 heteroatoms. The summed E-state index contributed by atoms with van der Waals surface area (Å²) in [5.74, 6) is -0.602. The number of nitrogens with zero attached hydrogens (tertiary/aromatic N) is 8. The molecule has 18 nitrogen and oxygen atoms in total. The van der Waals surface area contributed by atoms with Crippen LogP contribution in [0.5, 0.6) is 0 Å². The number of nitrogens with one attached hydrogen (secondary N) is 3. The zero-order chi connectivity index (χ0) is 45.1. The predicted octanol–water partition coefficient (Wildman–Crippen LogP) is 3.90. The van der Waals surface area contributed by atoms with Crippen LogP contribution in [0.15, 0.2) is 78.2 Å². The first-order valence-corrected chi connectivity index (χ1v) is 21.5. The van der Waals surface area contributed by atoms with E-state index < -0.39 is 24.0 Å². The predicted molar refractivity (Wildman–Crippen MR) is 240 cm³/mol. The number of hydrogen-bond acceptors (Lipinski definition) is 13. The Morgan fingerprint density at radius 2 is 1.72 bits per heavy atom. The summed E-state index contributed by atoms with van der Waals surface area (Å²) in [6.07, 6.45) is 7.28. The lowest BCUT2D eigenvalue weighted by atomic mass is 10.0. The fraction of sp³-hybridized carbons (Fsp3) is 0.370. The average Bonchev–Trinajstić information content (AvgIpc) is 3.81. The van der Waals surface area contributed by atoms with Crippen LogP contribution >= 0.6 is 0 Å². The van der Waals surface area contributed by atoms with E-state index in [9.17, 15) is 33.9 Å². The zero-order valence-corrected chi connectivity index (χ0v) is 35.8. The number of anilines is 4. The molecule has 3 aliphatic rings. The van der Waals surface area contributed by atoms with Gasteiger partial charge in [0.25, 0.3) is 11.5 Å². The number of rotatable bonds is 15. The fourth-order valence-electron chi connectivity index (χ4n) is 8.73. The van der Waals surface area contributed by atoms with E-state index in [2.05, 4.69) is 32.4 Å². The van der Waals surface area contributed by atoms with E-state index in [-0.39, 0.29) is 53.9 Å². The highest BCUT2D eigenvalue weighted by Crippen LogP contribution is 2.31. The molecule has 0 saturated carbocycles. The van der Waals surface area contributed by atoms with E-state index in [0.717, 1.165) is 49.3 Å². The summed E-state index contributed by atoms with van der Waals surface area (Å²) in [5, 5.41) is 19.6. The second-order valence-corrected chi connectivity index (χ2v) is 16.4. The molecule has 0 radical (unpaired) electrons. The number of aldehydes is 1. The van der Waals surface area contributed by atoms with Gasteiger partial charge in [0, 0.05) is 81.4 Å². The van der Waals surface area contributed by atoms with Crippen molar-refractivity contribution < 1.29 is 29.1 Å². The maximum absolute atomic E-state index is 13.4. The molecule has 2 saturated heterocycles. The van der Waals surface area contributed by atoms with Gasteiger partial charge in [-0.1, -0.05) is 12.1 Å². The van der Waals surface area contributed by atoms with Crippen molar-refractivity contribution in [2.24, 2.45) is 0 Å². The number of aliphatic hydroxyl groups excluding tert-OH is 1. The molecule has 8 rings (SSSR count). The SMILES string of the molecule is C=CCn1c(=O)c2cnc(Nc3ccc(N4CCC(N(C)C(=O)CCCNc5ccc(C=O)c(C(=O)N(C)C6CCC(=O)NC6=O)c5)CC4)cc3)nc2n1-c1ccc2c(n1)C(O)CC2. The topological polar surface area (TPSA) is 217 Å². The van der Waals surface area contributed by atoms with Gasteiger partial charge in [0.1, 0.15) is 11.4 Å². The van der Waals surface area contributed by atoms with Gasteiger partial charge < -0.3 is 30.4 Å². The normalized spacial score (nSPS) is 17.5. The number of fused-ring (bicyclic) bond motifs is 2. The smallest absolute Gasteiger partial charge is 0.278 e. The summed E-state index contributed by atoms with van der Waals surface area (Å²) in [4.78, 5) is 95.0. The lowest BCUT2D eigenvalue weighted by Gasteiger charge is -2.38. The molecule has 0 spiro atoms. The number of aromatic nitrogens is 5. The number of aliphatic hydroxyl groups is 1. The van der Waals surface area contributed by atoms with Gasteiger partial charge in [-0.05, 0) is 92.6 Å². The molecule has 4 amide bonds. The first-order valence-electron chi connectivity index (χ1n) is 21.5. The molecule has 4 N–H and O–H groups in total. The third-order valence-electron chi connectivity index (χ3n) is 12.4. The number of likely N-dealkylation sites (N-methyl/N-ethyl adjacent to an activating group) is 1. The van der Waals surface area contributed by atoms with Crippen LogP contribution in [0.25, 0.3) is 16.9 Å². The molecule has 3 aromatic heterocycles. The van der Waals surface area contributed by atoms with Crippen LogP contribution in [0.1, 0.15) is 83.0 Å². The number of carbonyl (C=O) groups excluding carboxylic acids is 5. The van der Waals surface area contributed by atoms with Gasteiger partial charge in [-0.15, -0.1) is 6.58 Å². The van der Waals surface area contributed by atoms with Crippen molar-refractivity contribution in [1.82, 2.24) is 39.4 Å². The Kier molecular flexibility index (Phi) is 12.7. The molecule has 64 heavy (non-hydrogen) atoms. The molecule has 2 atom stereocenters. The van der Waals surface area contributed by atoms with Crippen LogP contribution in [0, 0.1) is 0 Å². The Morgan fingerprint density at radius 3 is 2.45 bits per heavy atom. The van der Waals surface area contributed by atoms with E-state index in [0.29, 0.717) is 66.3 Å². The summed E-state index contributed by atoms with van der Waals surface area (Å²) >= 11 is 0. The van der Waals surface area contributed by atoms with Gasteiger partial charge >= 0.3 is 0 Å². The maximum Gasteiger partial charge on any atom is 0.278 e. The molecule has 2 unspecified atom stereocenters. The standard InChI is InChI=1S/C46H51N11O7/c1-4-22-56-45(64)35-26-48-46(52-42(35)57(56)38-17-9-28-8-16-37(59)41(28)50-38)49-30-11-13-33(14-12-30)55-23-19-32(20-24-55)53(2)40(61)6-5-21-47-31-10-7-29(27-58)34(25-31)44(63)54(3)36-15-18-39(60)51-43(36)62/h4,7,9-14,17,25-27,32,36-37,47,59H,1,5-6,8,15-16,18-24H2,2-3H3,(H,48,49,52)(H,51,60,62). The number of imide groups is 1. The summed E-state index contributed by atoms with van der Waals surface area (Å²) in [6.45, 7) is 6.07. The lowest BCUT2D eigenvalue weighted by molar-refractivity contribution is -0.136. The van der Waals surface area contributed by atoms with Gasteiger partial charge in [0.15, 0.2) is 17.8 Å². The number of hydrogen-bond donors (Lipinski definition) is 4. The second-order valence-electron chi connectivity index (χ2n) is 16.4. The summed E-state index contributed by atoms with van der Waals surface area (Å²) < 4.78 is 3.16. The van der Waals surface area contributed by atoms with Crippen LogP contribution in [0.2, 0.25) is 0 Å². The molecule has 5 heterocycles. The highest BCUT2D eigenvalue weighted by molar-refractivity contribution is 6.06. The Bertz CT molecular complexity index is 2690. The molecule has 2 aromatic carbocycles. The fourth-order valence-corrected chi connectivity index (χ4v) is 8.73. The van der Waals surface area contributed by atoms with Crippen LogP contribution in [-0.4, -0.2) is 115 Å². The highest BCUT2D eigenvalue weighted by atomic mass is 16.3. The largest absolute Gasteiger partial charge is 0.387 e. The van der Waals surface area contributed by atoms with Gasteiger partial charge in [0.05, 0.1) is 23.9 Å². The number of carbonyl (C=O) groups is 5. The minimum atomic E-state index is -0.818. The zero-order valence-electron chi connectivity index (χ0n) is 35.8. The molecule has 0 bridgehead atoms. The molecule has 5 aromatic rings. The Balaban J connectivity index is 0.825. The first-order chi connectivity index (χ1) is 30.9. The van der Waals surface area contributed by atoms with Crippen LogP contribution in [0.4, 0.5) is 23.0 Å². The molecule has 2 fully saturated rings. The van der Waals surface area contributed by atoms with Gasteiger partial charge in [-0.3, -0.25) is 34.1 Å². The highest BCUT2D eigenvalue weighted by Gasteiger charge is 2.33. The van der Waals surface area contributed by atoms with E-state index in [1.807, 2.05) is 48.3 Å². The van der Waals surface area contributed by atoms with Crippen molar-refractivity contribution in [3.8, 4) is 5.82 Å². The van der Waals surface area contributed by atoms with Gasteiger partial charge in [0.2, 0.25) is 23.7 Å². The van der Waals surface area contributed by atoms with Crippen molar-refractivity contribution >= 4 is 64.0 Å².